The molecule has 0 atom stereocenters. The topological polar surface area (TPSA) is 52.7 Å². The molecule has 1 aliphatic heterocycles. The number of carbonyl (C=O) groups excluding carboxylic acids is 2. The van der Waals surface area contributed by atoms with Gasteiger partial charge in [-0.25, -0.2) is 0 Å². The van der Waals surface area contributed by atoms with Crippen LogP contribution in [0, 0.1) is 0 Å². The molecular formula is C21H28ClN3O2. The summed E-state index contributed by atoms with van der Waals surface area (Å²) in [6.45, 7) is 3.75. The van der Waals surface area contributed by atoms with Gasteiger partial charge in [0.15, 0.2) is 0 Å². The number of halogens is 1. The van der Waals surface area contributed by atoms with E-state index >= 15 is 0 Å². The molecule has 1 aliphatic carbocycles. The first kappa shape index (κ1) is 19.9. The Morgan fingerprint density at radius 3 is 2.56 bits per heavy atom. The molecule has 1 saturated heterocycles. The quantitative estimate of drug-likeness (QED) is 0.760. The lowest BCUT2D eigenvalue weighted by Crippen LogP contribution is -2.51. The minimum atomic E-state index is -0.0366. The Hall–Kier alpha value is -1.85. The summed E-state index contributed by atoms with van der Waals surface area (Å²) in [7, 11) is 0. The highest BCUT2D eigenvalue weighted by atomic mass is 35.5. The first-order valence-electron chi connectivity index (χ1n) is 9.84. The van der Waals surface area contributed by atoms with Crippen molar-refractivity contribution in [3.05, 3.63) is 46.5 Å². The molecule has 0 radical (unpaired) electrons. The molecule has 146 valence electrons. The molecule has 0 saturated carbocycles. The standard InChI is InChI=1S/C21H28ClN3O2/c22-19-9-5-4-8-18(19)21(27)25-14-12-24(13-15-25)16-20(26)23-11-10-17-6-2-1-3-7-17/h4-6,8-9H,1-3,7,10-16H2,(H,23,26). The van der Waals surface area contributed by atoms with Gasteiger partial charge in [0.2, 0.25) is 5.91 Å². The van der Waals surface area contributed by atoms with Gasteiger partial charge in [-0.2, -0.15) is 0 Å². The third-order valence-corrected chi connectivity index (χ3v) is 5.61. The van der Waals surface area contributed by atoms with Gasteiger partial charge in [-0.05, 0) is 44.2 Å². The summed E-state index contributed by atoms with van der Waals surface area (Å²) < 4.78 is 0. The van der Waals surface area contributed by atoms with Crippen LogP contribution in [0.1, 0.15) is 42.5 Å². The van der Waals surface area contributed by atoms with Crippen molar-refractivity contribution in [3.8, 4) is 0 Å². The molecule has 0 aromatic heterocycles. The van der Waals surface area contributed by atoms with Gasteiger partial charge in [0.1, 0.15) is 0 Å². The van der Waals surface area contributed by atoms with E-state index in [2.05, 4.69) is 16.3 Å². The van der Waals surface area contributed by atoms with Crippen LogP contribution < -0.4 is 5.32 Å². The monoisotopic (exact) mass is 389 g/mol. The zero-order valence-corrected chi connectivity index (χ0v) is 16.5. The SMILES string of the molecule is O=C(CN1CCN(C(=O)c2ccccc2Cl)CC1)NCCC1=CCCCC1. The van der Waals surface area contributed by atoms with Crippen LogP contribution in [0.25, 0.3) is 0 Å². The van der Waals surface area contributed by atoms with E-state index in [1.807, 2.05) is 17.0 Å². The number of piperazine rings is 1. The third-order valence-electron chi connectivity index (χ3n) is 5.28. The van der Waals surface area contributed by atoms with Crippen molar-refractivity contribution in [1.29, 1.82) is 0 Å². The van der Waals surface area contributed by atoms with Crippen molar-refractivity contribution >= 4 is 23.4 Å². The summed E-state index contributed by atoms with van der Waals surface area (Å²) in [5, 5.41) is 3.51. The van der Waals surface area contributed by atoms with E-state index < -0.39 is 0 Å². The fourth-order valence-corrected chi connectivity index (χ4v) is 3.88. The molecule has 2 aliphatic rings. The number of hydrogen-bond donors (Lipinski definition) is 1. The summed E-state index contributed by atoms with van der Waals surface area (Å²) in [6, 6.07) is 7.13. The molecular weight excluding hydrogens is 362 g/mol. The maximum atomic E-state index is 12.6. The molecule has 0 unspecified atom stereocenters. The van der Waals surface area contributed by atoms with Gasteiger partial charge in [0, 0.05) is 32.7 Å². The van der Waals surface area contributed by atoms with Gasteiger partial charge in [-0.1, -0.05) is 35.4 Å². The van der Waals surface area contributed by atoms with Gasteiger partial charge in [-0.15, -0.1) is 0 Å². The van der Waals surface area contributed by atoms with Crippen LogP contribution in [0.15, 0.2) is 35.9 Å². The molecule has 27 heavy (non-hydrogen) atoms. The molecule has 3 rings (SSSR count). The normalized spacial score (nSPS) is 18.1. The number of allylic oxidation sites excluding steroid dienone is 1. The van der Waals surface area contributed by atoms with Crippen LogP contribution in [0.4, 0.5) is 0 Å². The van der Waals surface area contributed by atoms with E-state index in [1.165, 1.54) is 31.3 Å². The van der Waals surface area contributed by atoms with Crippen molar-refractivity contribution in [2.45, 2.75) is 32.1 Å². The predicted molar refractivity (Wildman–Crippen MR) is 108 cm³/mol. The smallest absolute Gasteiger partial charge is 0.255 e. The fourth-order valence-electron chi connectivity index (χ4n) is 3.67. The summed E-state index contributed by atoms with van der Waals surface area (Å²) in [5.74, 6) is 0.0303. The van der Waals surface area contributed by atoms with Crippen LogP contribution in [0.3, 0.4) is 0 Å². The second-order valence-electron chi connectivity index (χ2n) is 7.26. The van der Waals surface area contributed by atoms with Gasteiger partial charge in [-0.3, -0.25) is 14.5 Å². The Bertz CT molecular complexity index is 696. The lowest BCUT2D eigenvalue weighted by atomic mass is 9.97. The van der Waals surface area contributed by atoms with E-state index in [1.54, 1.807) is 12.1 Å². The number of rotatable bonds is 6. The predicted octanol–water partition coefficient (Wildman–Crippen LogP) is 3.10. The molecule has 0 spiro atoms. The average Bonchev–Trinajstić information content (AvgIpc) is 2.69. The van der Waals surface area contributed by atoms with Gasteiger partial charge < -0.3 is 10.2 Å². The minimum Gasteiger partial charge on any atom is -0.355 e. The number of benzene rings is 1. The first-order valence-corrected chi connectivity index (χ1v) is 10.2. The van der Waals surface area contributed by atoms with E-state index in [-0.39, 0.29) is 11.8 Å². The number of nitrogens with one attached hydrogen (secondary N) is 1. The van der Waals surface area contributed by atoms with Crippen molar-refractivity contribution < 1.29 is 9.59 Å². The highest BCUT2D eigenvalue weighted by molar-refractivity contribution is 6.33. The maximum Gasteiger partial charge on any atom is 0.255 e. The second-order valence-corrected chi connectivity index (χ2v) is 7.66. The second kappa shape index (κ2) is 9.90. The zero-order chi connectivity index (χ0) is 19.1. The number of nitrogens with zero attached hydrogens (tertiary/aromatic N) is 2. The molecule has 1 N–H and O–H groups in total. The minimum absolute atomic E-state index is 0.0366. The summed E-state index contributed by atoms with van der Waals surface area (Å²) in [6.07, 6.45) is 8.21. The number of amides is 2. The van der Waals surface area contributed by atoms with E-state index in [4.69, 9.17) is 11.6 Å². The largest absolute Gasteiger partial charge is 0.355 e. The summed E-state index contributed by atoms with van der Waals surface area (Å²) in [4.78, 5) is 28.7. The van der Waals surface area contributed by atoms with Crippen molar-refractivity contribution in [1.82, 2.24) is 15.1 Å². The molecule has 1 aromatic carbocycles. The zero-order valence-electron chi connectivity index (χ0n) is 15.8. The van der Waals surface area contributed by atoms with Gasteiger partial charge >= 0.3 is 0 Å². The van der Waals surface area contributed by atoms with E-state index in [0.717, 1.165) is 13.0 Å². The Kier molecular flexibility index (Phi) is 7.30. The lowest BCUT2D eigenvalue weighted by Gasteiger charge is -2.34. The van der Waals surface area contributed by atoms with Crippen LogP contribution in [-0.4, -0.2) is 60.9 Å². The molecule has 1 fully saturated rings. The van der Waals surface area contributed by atoms with E-state index in [0.29, 0.717) is 43.3 Å². The Labute approximate surface area is 166 Å². The Morgan fingerprint density at radius 2 is 1.85 bits per heavy atom. The molecule has 2 amide bonds. The van der Waals surface area contributed by atoms with Crippen LogP contribution in [0.5, 0.6) is 0 Å². The Balaban J connectivity index is 1.37. The lowest BCUT2D eigenvalue weighted by molar-refractivity contribution is -0.122. The van der Waals surface area contributed by atoms with Crippen molar-refractivity contribution in [2.75, 3.05) is 39.3 Å². The Morgan fingerprint density at radius 1 is 1.07 bits per heavy atom. The van der Waals surface area contributed by atoms with E-state index in [9.17, 15) is 9.59 Å². The average molecular weight is 390 g/mol. The molecule has 1 heterocycles. The van der Waals surface area contributed by atoms with Crippen molar-refractivity contribution in [3.63, 3.8) is 0 Å². The van der Waals surface area contributed by atoms with Gasteiger partial charge in [0.05, 0.1) is 17.1 Å². The number of hydrogen-bond acceptors (Lipinski definition) is 3. The van der Waals surface area contributed by atoms with Crippen LogP contribution in [-0.2, 0) is 4.79 Å². The molecule has 1 aromatic rings. The first-order chi connectivity index (χ1) is 13.1. The highest BCUT2D eigenvalue weighted by Gasteiger charge is 2.24. The summed E-state index contributed by atoms with van der Waals surface area (Å²) in [5.41, 5.74) is 2.02. The fraction of sp³-hybridized carbons (Fsp3) is 0.524. The number of carbonyl (C=O) groups is 2. The van der Waals surface area contributed by atoms with Crippen molar-refractivity contribution in [2.24, 2.45) is 0 Å². The van der Waals surface area contributed by atoms with Crippen LogP contribution >= 0.6 is 11.6 Å². The highest BCUT2D eigenvalue weighted by Crippen LogP contribution is 2.19. The van der Waals surface area contributed by atoms with Gasteiger partial charge in [0.25, 0.3) is 5.91 Å². The molecule has 6 heteroatoms. The molecule has 5 nitrogen and oxygen atoms in total. The molecule has 0 bridgehead atoms. The maximum absolute atomic E-state index is 12.6. The van der Waals surface area contributed by atoms with Crippen LogP contribution in [0.2, 0.25) is 5.02 Å². The summed E-state index contributed by atoms with van der Waals surface area (Å²) >= 11 is 6.13. The third kappa shape index (κ3) is 5.81.